The van der Waals surface area contributed by atoms with Crippen LogP contribution in [0.3, 0.4) is 0 Å². The number of aliphatic carboxylic acids is 1. The minimum atomic E-state index is -0.923. The van der Waals surface area contributed by atoms with E-state index in [0.29, 0.717) is 0 Å². The van der Waals surface area contributed by atoms with Crippen molar-refractivity contribution in [2.75, 3.05) is 18.0 Å². The van der Waals surface area contributed by atoms with Gasteiger partial charge >= 0.3 is 5.97 Å². The first-order valence-electron chi connectivity index (χ1n) is 7.55. The van der Waals surface area contributed by atoms with E-state index in [1.54, 1.807) is 6.08 Å². The molecule has 1 aliphatic rings. The number of piperidine rings is 1. The lowest BCUT2D eigenvalue weighted by Gasteiger charge is -2.34. The van der Waals surface area contributed by atoms with Gasteiger partial charge in [0.2, 0.25) is 0 Å². The van der Waals surface area contributed by atoms with E-state index in [0.717, 1.165) is 35.1 Å². The van der Waals surface area contributed by atoms with Crippen molar-refractivity contribution in [2.45, 2.75) is 32.6 Å². The summed E-state index contributed by atoms with van der Waals surface area (Å²) in [4.78, 5) is 13.0. The van der Waals surface area contributed by atoms with Crippen molar-refractivity contribution in [2.24, 2.45) is 5.92 Å². The van der Waals surface area contributed by atoms with Crippen LogP contribution in [0.5, 0.6) is 0 Å². The molecule has 114 valence electrons. The van der Waals surface area contributed by atoms with Crippen molar-refractivity contribution in [1.82, 2.24) is 0 Å². The van der Waals surface area contributed by atoms with Gasteiger partial charge in [-0.25, -0.2) is 4.79 Å². The molecular formula is C17H22BrNO2. The van der Waals surface area contributed by atoms with Gasteiger partial charge in [-0.1, -0.05) is 25.8 Å². The third-order valence-corrected chi connectivity index (χ3v) is 4.68. The maximum Gasteiger partial charge on any atom is 0.328 e. The number of hydrogen-bond acceptors (Lipinski definition) is 2. The van der Waals surface area contributed by atoms with Gasteiger partial charge in [-0.2, -0.15) is 0 Å². The van der Waals surface area contributed by atoms with Crippen molar-refractivity contribution < 1.29 is 9.90 Å². The van der Waals surface area contributed by atoms with Crippen LogP contribution >= 0.6 is 15.9 Å². The van der Waals surface area contributed by atoms with Crippen molar-refractivity contribution >= 4 is 33.7 Å². The van der Waals surface area contributed by atoms with E-state index in [2.05, 4.69) is 33.8 Å². The van der Waals surface area contributed by atoms with E-state index in [1.165, 1.54) is 31.4 Å². The molecule has 0 bridgehead atoms. The molecule has 1 aromatic rings. The zero-order valence-electron chi connectivity index (χ0n) is 12.4. The molecule has 0 aliphatic carbocycles. The molecule has 0 atom stereocenters. The number of benzene rings is 1. The summed E-state index contributed by atoms with van der Waals surface area (Å²) in [5.41, 5.74) is 2.10. The molecular weight excluding hydrogens is 330 g/mol. The van der Waals surface area contributed by atoms with E-state index < -0.39 is 5.97 Å². The summed E-state index contributed by atoms with van der Waals surface area (Å²) in [5.74, 6) is -0.0454. The van der Waals surface area contributed by atoms with Gasteiger partial charge in [-0.05, 0) is 58.5 Å². The predicted molar refractivity (Wildman–Crippen MR) is 90.7 cm³/mol. The minimum absolute atomic E-state index is 0.878. The average Bonchev–Trinajstić information content (AvgIpc) is 2.47. The molecule has 0 amide bonds. The number of halogens is 1. The largest absolute Gasteiger partial charge is 0.478 e. The number of hydrogen-bond donors (Lipinski definition) is 1. The first kappa shape index (κ1) is 16.1. The molecule has 1 N–H and O–H groups in total. The SMILES string of the molecule is CCCC1CCN(c2ccc(/C=C/C(=O)O)cc2Br)CC1. The standard InChI is InChI=1S/C17H22BrNO2/c1-2-3-13-8-10-19(11-9-13)16-6-4-14(12-15(16)18)5-7-17(20)21/h4-7,12-13H,2-3,8-11H2,1H3,(H,20,21)/b7-5+. The van der Waals surface area contributed by atoms with E-state index >= 15 is 0 Å². The van der Waals surface area contributed by atoms with E-state index in [9.17, 15) is 4.79 Å². The monoisotopic (exact) mass is 351 g/mol. The van der Waals surface area contributed by atoms with Crippen molar-refractivity contribution in [1.29, 1.82) is 0 Å². The van der Waals surface area contributed by atoms with Crippen LogP contribution in [-0.2, 0) is 4.79 Å². The maximum atomic E-state index is 10.5. The number of anilines is 1. The fourth-order valence-electron chi connectivity index (χ4n) is 2.92. The van der Waals surface area contributed by atoms with E-state index in [4.69, 9.17) is 5.11 Å². The predicted octanol–water partition coefficient (Wildman–Crippen LogP) is 4.56. The second-order valence-electron chi connectivity index (χ2n) is 5.60. The second kappa shape index (κ2) is 7.64. The van der Waals surface area contributed by atoms with Crippen LogP contribution in [0.15, 0.2) is 28.7 Å². The number of carboxylic acid groups (broad SMARTS) is 1. The Hall–Kier alpha value is -1.29. The Labute approximate surface area is 134 Å². The molecule has 4 heteroatoms. The Balaban J connectivity index is 2.03. The highest BCUT2D eigenvalue weighted by atomic mass is 79.9. The molecule has 1 saturated heterocycles. The van der Waals surface area contributed by atoms with Gasteiger partial charge in [0.1, 0.15) is 0 Å². The molecule has 1 aromatic carbocycles. The van der Waals surface area contributed by atoms with Crippen LogP contribution in [0.1, 0.15) is 38.2 Å². The fourth-order valence-corrected chi connectivity index (χ4v) is 3.57. The minimum Gasteiger partial charge on any atom is -0.478 e. The Kier molecular flexibility index (Phi) is 5.85. The van der Waals surface area contributed by atoms with Crippen LogP contribution in [0, 0.1) is 5.92 Å². The lowest BCUT2D eigenvalue weighted by molar-refractivity contribution is -0.131. The number of carboxylic acids is 1. The fraction of sp³-hybridized carbons (Fsp3) is 0.471. The van der Waals surface area contributed by atoms with Crippen LogP contribution < -0.4 is 4.90 Å². The molecule has 21 heavy (non-hydrogen) atoms. The first-order valence-corrected chi connectivity index (χ1v) is 8.35. The molecule has 0 radical (unpaired) electrons. The van der Waals surface area contributed by atoms with Crippen molar-refractivity contribution in [3.8, 4) is 0 Å². The molecule has 0 saturated carbocycles. The summed E-state index contributed by atoms with van der Waals surface area (Å²) in [5, 5.41) is 8.66. The molecule has 1 aliphatic heterocycles. The van der Waals surface area contributed by atoms with Crippen molar-refractivity contribution in [3.05, 3.63) is 34.3 Å². The smallest absolute Gasteiger partial charge is 0.328 e. The third kappa shape index (κ3) is 4.60. The number of carbonyl (C=O) groups is 1. The molecule has 1 heterocycles. The Morgan fingerprint density at radius 1 is 1.43 bits per heavy atom. The van der Waals surface area contributed by atoms with Gasteiger partial charge in [0.05, 0.1) is 5.69 Å². The van der Waals surface area contributed by atoms with Crippen LogP contribution in [-0.4, -0.2) is 24.2 Å². The van der Waals surface area contributed by atoms with Crippen LogP contribution in [0.25, 0.3) is 6.08 Å². The zero-order chi connectivity index (χ0) is 15.2. The van der Waals surface area contributed by atoms with Gasteiger partial charge in [-0.15, -0.1) is 0 Å². The summed E-state index contributed by atoms with van der Waals surface area (Å²) in [6.07, 6.45) is 7.93. The number of nitrogens with zero attached hydrogens (tertiary/aromatic N) is 1. The van der Waals surface area contributed by atoms with Gasteiger partial charge in [0.25, 0.3) is 0 Å². The second-order valence-corrected chi connectivity index (χ2v) is 6.46. The molecule has 2 rings (SSSR count). The maximum absolute atomic E-state index is 10.5. The molecule has 0 aromatic heterocycles. The lowest BCUT2D eigenvalue weighted by Crippen LogP contribution is -2.33. The zero-order valence-corrected chi connectivity index (χ0v) is 14.0. The van der Waals surface area contributed by atoms with Gasteiger partial charge in [0.15, 0.2) is 0 Å². The van der Waals surface area contributed by atoms with Crippen molar-refractivity contribution in [3.63, 3.8) is 0 Å². The summed E-state index contributed by atoms with van der Waals surface area (Å²) in [6.45, 7) is 4.47. The van der Waals surface area contributed by atoms with Crippen LogP contribution in [0.4, 0.5) is 5.69 Å². The number of rotatable bonds is 5. The molecule has 3 nitrogen and oxygen atoms in total. The van der Waals surface area contributed by atoms with E-state index in [1.807, 2.05) is 12.1 Å². The van der Waals surface area contributed by atoms with E-state index in [-0.39, 0.29) is 0 Å². The summed E-state index contributed by atoms with van der Waals surface area (Å²) in [7, 11) is 0. The first-order chi connectivity index (χ1) is 10.1. The van der Waals surface area contributed by atoms with Crippen LogP contribution in [0.2, 0.25) is 0 Å². The summed E-state index contributed by atoms with van der Waals surface area (Å²) < 4.78 is 1.03. The summed E-state index contributed by atoms with van der Waals surface area (Å²) >= 11 is 3.61. The highest BCUT2D eigenvalue weighted by molar-refractivity contribution is 9.10. The topological polar surface area (TPSA) is 40.5 Å². The Morgan fingerprint density at radius 2 is 2.14 bits per heavy atom. The normalized spacial score (nSPS) is 16.6. The quantitative estimate of drug-likeness (QED) is 0.790. The lowest BCUT2D eigenvalue weighted by atomic mass is 9.92. The molecule has 1 fully saturated rings. The Morgan fingerprint density at radius 3 is 2.71 bits per heavy atom. The van der Waals surface area contributed by atoms with Gasteiger partial charge < -0.3 is 10.0 Å². The highest BCUT2D eigenvalue weighted by Gasteiger charge is 2.20. The highest BCUT2D eigenvalue weighted by Crippen LogP contribution is 2.32. The Bertz CT molecular complexity index is 520. The molecule has 0 unspecified atom stereocenters. The van der Waals surface area contributed by atoms with Gasteiger partial charge in [-0.3, -0.25) is 0 Å². The van der Waals surface area contributed by atoms with Gasteiger partial charge in [0, 0.05) is 23.6 Å². The third-order valence-electron chi connectivity index (χ3n) is 4.04. The molecule has 0 spiro atoms. The average molecular weight is 352 g/mol. The summed E-state index contributed by atoms with van der Waals surface area (Å²) in [6, 6.07) is 6.02.